The fourth-order valence-corrected chi connectivity index (χ4v) is 6.87. The summed E-state index contributed by atoms with van der Waals surface area (Å²) in [6.45, 7) is 0. The molecule has 1 saturated carbocycles. The van der Waals surface area contributed by atoms with Gasteiger partial charge in [-0.05, 0) is 53.5 Å². The van der Waals surface area contributed by atoms with Crippen molar-refractivity contribution in [1.29, 1.82) is 0 Å². The molecule has 39 heavy (non-hydrogen) atoms. The minimum absolute atomic E-state index is 0.0701. The number of carbonyl (C=O) groups is 4. The Labute approximate surface area is 225 Å². The first-order valence-corrected chi connectivity index (χ1v) is 13.4. The fourth-order valence-electron chi connectivity index (χ4n) is 6.87. The summed E-state index contributed by atoms with van der Waals surface area (Å²) in [4.78, 5) is 54.8. The molecule has 7 nitrogen and oxygen atoms in total. The summed E-state index contributed by atoms with van der Waals surface area (Å²) in [5.74, 6) is -1.05. The van der Waals surface area contributed by atoms with Crippen LogP contribution in [0.5, 0.6) is 0 Å². The van der Waals surface area contributed by atoms with Gasteiger partial charge in [0.15, 0.2) is 5.78 Å². The van der Waals surface area contributed by atoms with Crippen molar-refractivity contribution in [2.45, 2.75) is 25.4 Å². The van der Waals surface area contributed by atoms with Crippen LogP contribution in [0.25, 0.3) is 11.1 Å². The molecule has 0 unspecified atom stereocenters. The van der Waals surface area contributed by atoms with Crippen molar-refractivity contribution in [3.05, 3.63) is 102 Å². The van der Waals surface area contributed by atoms with E-state index < -0.39 is 12.2 Å². The highest BCUT2D eigenvalue weighted by molar-refractivity contribution is 6.22. The van der Waals surface area contributed by atoms with Gasteiger partial charge in [-0.15, -0.1) is 0 Å². The van der Waals surface area contributed by atoms with Gasteiger partial charge in [-0.2, -0.15) is 0 Å². The van der Waals surface area contributed by atoms with Gasteiger partial charge in [0.2, 0.25) is 11.8 Å². The van der Waals surface area contributed by atoms with Gasteiger partial charge in [0, 0.05) is 23.2 Å². The van der Waals surface area contributed by atoms with E-state index >= 15 is 0 Å². The van der Waals surface area contributed by atoms with Crippen LogP contribution in [0.15, 0.2) is 84.9 Å². The molecule has 0 aromatic heterocycles. The van der Waals surface area contributed by atoms with Gasteiger partial charge in [0.1, 0.15) is 6.17 Å². The van der Waals surface area contributed by atoms with E-state index in [0.717, 1.165) is 29.5 Å². The number of imide groups is 1. The third-order valence-corrected chi connectivity index (χ3v) is 8.66. The highest BCUT2D eigenvalue weighted by atomic mass is 16.2. The summed E-state index contributed by atoms with van der Waals surface area (Å²) in [6.07, 6.45) is 5.46. The Balaban J connectivity index is 1.14. The molecule has 0 spiro atoms. The van der Waals surface area contributed by atoms with Gasteiger partial charge < -0.3 is 10.6 Å². The van der Waals surface area contributed by atoms with Crippen LogP contribution in [0.4, 0.5) is 10.5 Å². The smallest absolute Gasteiger partial charge is 0.317 e. The number of urea groups is 1. The average Bonchev–Trinajstić information content (AvgIpc) is 3.41. The number of allylic oxidation sites excluding steroid dienone is 2. The molecule has 4 amide bonds. The van der Waals surface area contributed by atoms with Crippen LogP contribution in [-0.2, 0) is 16.0 Å². The van der Waals surface area contributed by atoms with E-state index in [2.05, 4.69) is 22.8 Å². The van der Waals surface area contributed by atoms with Crippen molar-refractivity contribution in [2.75, 3.05) is 5.32 Å². The predicted octanol–water partition coefficient (Wildman–Crippen LogP) is 4.79. The molecule has 194 valence electrons. The molecule has 5 atom stereocenters. The van der Waals surface area contributed by atoms with Crippen LogP contribution in [0, 0.1) is 23.7 Å². The number of benzene rings is 3. The SMILES string of the molecule is O=C(Nc1ccc2c(c1)C(=O)c1ccccc1-2)N[C@H](Cc1ccccc1)N1C(=O)[C@@H]2[C@H](C1=O)[C@H]1C=C[C@H]2CC1. The molecule has 5 aliphatic rings. The second-order valence-corrected chi connectivity index (χ2v) is 10.8. The van der Waals surface area contributed by atoms with Crippen LogP contribution >= 0.6 is 0 Å². The standard InChI is InChI=1S/C32H27N3O4/c36-29-24-9-5-4-8-22(24)23-15-14-21(17-25(23)29)33-32(39)34-26(16-18-6-2-1-3-7-18)35-30(37)27-19-10-11-20(13-12-19)28(27)31(35)38/h1-11,14-15,17,19-20,26-28H,12-13,16H2,(H2,33,34,39)/t19-,20-,26-,27-,28+/m0/s1. The summed E-state index contributed by atoms with van der Waals surface area (Å²) in [6, 6.07) is 21.7. The lowest BCUT2D eigenvalue weighted by Crippen LogP contribution is -2.53. The number of hydrogen-bond acceptors (Lipinski definition) is 4. The van der Waals surface area contributed by atoms with Crippen molar-refractivity contribution in [3.8, 4) is 11.1 Å². The largest absolute Gasteiger partial charge is 0.320 e. The Kier molecular flexibility index (Phi) is 5.47. The Hall–Kier alpha value is -4.52. The number of ketones is 1. The highest BCUT2D eigenvalue weighted by Crippen LogP contribution is 2.50. The molecule has 4 aliphatic carbocycles. The van der Waals surface area contributed by atoms with E-state index in [4.69, 9.17) is 0 Å². The van der Waals surface area contributed by atoms with E-state index in [1.807, 2.05) is 54.6 Å². The molecule has 8 rings (SSSR count). The van der Waals surface area contributed by atoms with Crippen molar-refractivity contribution in [3.63, 3.8) is 0 Å². The first kappa shape index (κ1) is 23.6. The number of amides is 4. The molecule has 7 heteroatoms. The van der Waals surface area contributed by atoms with Gasteiger partial charge in [-0.25, -0.2) is 4.79 Å². The van der Waals surface area contributed by atoms with E-state index in [0.29, 0.717) is 23.2 Å². The summed E-state index contributed by atoms with van der Waals surface area (Å²) >= 11 is 0. The number of anilines is 1. The van der Waals surface area contributed by atoms with Crippen molar-refractivity contribution in [2.24, 2.45) is 23.7 Å². The second-order valence-electron chi connectivity index (χ2n) is 10.8. The fraction of sp³-hybridized carbons (Fsp3) is 0.250. The molecule has 1 heterocycles. The molecular weight excluding hydrogens is 490 g/mol. The third-order valence-electron chi connectivity index (χ3n) is 8.66. The zero-order valence-electron chi connectivity index (χ0n) is 21.2. The quantitative estimate of drug-likeness (QED) is 0.294. The Morgan fingerprint density at radius 1 is 0.769 bits per heavy atom. The summed E-state index contributed by atoms with van der Waals surface area (Å²) in [7, 11) is 0. The zero-order chi connectivity index (χ0) is 26.7. The van der Waals surface area contributed by atoms with Gasteiger partial charge in [0.05, 0.1) is 11.8 Å². The molecule has 1 saturated heterocycles. The van der Waals surface area contributed by atoms with Gasteiger partial charge in [-0.3, -0.25) is 19.3 Å². The van der Waals surface area contributed by atoms with E-state index in [1.165, 1.54) is 4.90 Å². The molecule has 3 aromatic rings. The number of likely N-dealkylation sites (tertiary alicyclic amines) is 1. The van der Waals surface area contributed by atoms with E-state index in [-0.39, 0.29) is 41.3 Å². The van der Waals surface area contributed by atoms with Crippen molar-refractivity contribution >= 4 is 29.3 Å². The van der Waals surface area contributed by atoms with E-state index in [1.54, 1.807) is 18.2 Å². The number of fused-ring (bicyclic) bond motifs is 4. The van der Waals surface area contributed by atoms with Crippen molar-refractivity contribution in [1.82, 2.24) is 10.2 Å². The number of nitrogens with one attached hydrogen (secondary N) is 2. The Bertz CT molecular complexity index is 1530. The van der Waals surface area contributed by atoms with Crippen LogP contribution in [0.2, 0.25) is 0 Å². The lowest BCUT2D eigenvalue weighted by molar-refractivity contribution is -0.143. The highest BCUT2D eigenvalue weighted by Gasteiger charge is 2.58. The van der Waals surface area contributed by atoms with Crippen molar-refractivity contribution < 1.29 is 19.2 Å². The maximum absolute atomic E-state index is 13.6. The minimum Gasteiger partial charge on any atom is -0.317 e. The normalized spacial score (nSPS) is 24.8. The van der Waals surface area contributed by atoms with Gasteiger partial charge in [-0.1, -0.05) is 72.8 Å². The van der Waals surface area contributed by atoms with Gasteiger partial charge in [0.25, 0.3) is 0 Å². The first-order valence-electron chi connectivity index (χ1n) is 13.4. The maximum Gasteiger partial charge on any atom is 0.320 e. The Morgan fingerprint density at radius 3 is 2.05 bits per heavy atom. The molecule has 1 aliphatic heterocycles. The first-order chi connectivity index (χ1) is 19.0. The molecule has 2 N–H and O–H groups in total. The summed E-state index contributed by atoms with van der Waals surface area (Å²) < 4.78 is 0. The second kappa shape index (κ2) is 9.05. The van der Waals surface area contributed by atoms with Crippen LogP contribution in [-0.4, -0.2) is 34.7 Å². The van der Waals surface area contributed by atoms with Crippen LogP contribution < -0.4 is 10.6 Å². The molecule has 2 bridgehead atoms. The Morgan fingerprint density at radius 2 is 1.38 bits per heavy atom. The van der Waals surface area contributed by atoms with Gasteiger partial charge >= 0.3 is 6.03 Å². The lowest BCUT2D eigenvalue weighted by Gasteiger charge is -2.38. The lowest BCUT2D eigenvalue weighted by atomic mass is 9.63. The molecule has 2 fully saturated rings. The average molecular weight is 518 g/mol. The molecule has 0 radical (unpaired) electrons. The molecular formula is C32H27N3O4. The van der Waals surface area contributed by atoms with Crippen LogP contribution in [0.1, 0.15) is 34.3 Å². The predicted molar refractivity (Wildman–Crippen MR) is 146 cm³/mol. The number of carbonyl (C=O) groups excluding carboxylic acids is 4. The van der Waals surface area contributed by atoms with E-state index in [9.17, 15) is 19.2 Å². The zero-order valence-corrected chi connectivity index (χ0v) is 21.2. The summed E-state index contributed by atoms with van der Waals surface area (Å²) in [5.41, 5.74) is 4.26. The topological polar surface area (TPSA) is 95.6 Å². The third kappa shape index (κ3) is 3.80. The number of hydrogen-bond donors (Lipinski definition) is 2. The maximum atomic E-state index is 13.6. The monoisotopic (exact) mass is 517 g/mol. The molecule has 3 aromatic carbocycles. The minimum atomic E-state index is -0.835. The van der Waals surface area contributed by atoms with Crippen LogP contribution in [0.3, 0.4) is 0 Å². The number of nitrogens with zero attached hydrogens (tertiary/aromatic N) is 1. The number of rotatable bonds is 5. The summed E-state index contributed by atoms with van der Waals surface area (Å²) in [5, 5.41) is 5.72.